The minimum absolute atomic E-state index is 0. The minimum Gasteiger partial charge on any atom is -0.328 e. The fourth-order valence-electron chi connectivity index (χ4n) is 1.86. The van der Waals surface area contributed by atoms with Crippen molar-refractivity contribution in [2.75, 3.05) is 0 Å². The van der Waals surface area contributed by atoms with E-state index in [2.05, 4.69) is 20.8 Å². The normalized spacial score (nSPS) is 31.8. The molecule has 0 spiro atoms. The van der Waals surface area contributed by atoms with E-state index >= 15 is 0 Å². The summed E-state index contributed by atoms with van der Waals surface area (Å²) < 4.78 is 0. The van der Waals surface area contributed by atoms with Crippen LogP contribution in [0, 0.1) is 11.3 Å². The summed E-state index contributed by atoms with van der Waals surface area (Å²) in [6, 6.07) is 0.397. The van der Waals surface area contributed by atoms with Crippen LogP contribution in [-0.4, -0.2) is 6.04 Å². The molecule has 1 saturated carbocycles. The van der Waals surface area contributed by atoms with Crippen molar-refractivity contribution in [2.24, 2.45) is 17.1 Å². The van der Waals surface area contributed by atoms with Crippen molar-refractivity contribution in [1.29, 1.82) is 0 Å². The Kier molecular flexibility index (Phi) is 3.18. The van der Waals surface area contributed by atoms with Gasteiger partial charge in [0.2, 0.25) is 0 Å². The van der Waals surface area contributed by atoms with Crippen molar-refractivity contribution in [3.8, 4) is 0 Å². The average Bonchev–Trinajstić information content (AvgIpc) is 1.62. The highest BCUT2D eigenvalue weighted by atomic mass is 35.5. The van der Waals surface area contributed by atoms with Gasteiger partial charge in [-0.2, -0.15) is 0 Å². The lowest BCUT2D eigenvalue weighted by Gasteiger charge is -2.46. The molecule has 2 heteroatoms. The molecule has 1 fully saturated rings. The molecule has 62 valence electrons. The number of rotatable bonds is 1. The average molecular weight is 164 g/mol. The van der Waals surface area contributed by atoms with Crippen LogP contribution in [-0.2, 0) is 0 Å². The molecule has 0 bridgehead atoms. The molecule has 0 radical (unpaired) electrons. The third kappa shape index (κ3) is 1.64. The van der Waals surface area contributed by atoms with Crippen molar-refractivity contribution in [2.45, 2.75) is 39.7 Å². The van der Waals surface area contributed by atoms with Gasteiger partial charge in [0.1, 0.15) is 0 Å². The first-order valence-corrected chi connectivity index (χ1v) is 3.79. The monoisotopic (exact) mass is 163 g/mol. The van der Waals surface area contributed by atoms with Gasteiger partial charge in [-0.15, -0.1) is 12.4 Å². The predicted molar refractivity (Wildman–Crippen MR) is 47.4 cm³/mol. The zero-order valence-corrected chi connectivity index (χ0v) is 7.87. The Bertz CT molecular complexity index is 110. The van der Waals surface area contributed by atoms with Crippen molar-refractivity contribution >= 4 is 12.4 Å². The van der Waals surface area contributed by atoms with Crippen LogP contribution < -0.4 is 5.73 Å². The second-order valence-corrected chi connectivity index (χ2v) is 3.99. The van der Waals surface area contributed by atoms with E-state index in [0.717, 1.165) is 5.92 Å². The van der Waals surface area contributed by atoms with Crippen molar-refractivity contribution < 1.29 is 0 Å². The van der Waals surface area contributed by atoms with Gasteiger partial charge in [-0.25, -0.2) is 0 Å². The third-order valence-electron chi connectivity index (χ3n) is 2.74. The number of hydrogen-bond donors (Lipinski definition) is 1. The molecule has 0 heterocycles. The van der Waals surface area contributed by atoms with Gasteiger partial charge < -0.3 is 5.73 Å². The molecule has 1 aliphatic carbocycles. The number of hydrogen-bond acceptors (Lipinski definition) is 1. The van der Waals surface area contributed by atoms with Gasteiger partial charge in [0.05, 0.1) is 0 Å². The first-order chi connectivity index (χ1) is 4.04. The summed E-state index contributed by atoms with van der Waals surface area (Å²) in [4.78, 5) is 0. The van der Waals surface area contributed by atoms with Crippen LogP contribution >= 0.6 is 12.4 Å². The summed E-state index contributed by atoms with van der Waals surface area (Å²) in [6.45, 7) is 6.74. The van der Waals surface area contributed by atoms with Crippen LogP contribution in [0.4, 0.5) is 0 Å². The van der Waals surface area contributed by atoms with E-state index in [0.29, 0.717) is 11.5 Å². The Morgan fingerprint density at radius 2 is 2.00 bits per heavy atom. The molecule has 0 aliphatic heterocycles. The lowest BCUT2D eigenvalue weighted by atomic mass is 9.60. The van der Waals surface area contributed by atoms with Crippen LogP contribution in [0.3, 0.4) is 0 Å². The Labute approximate surface area is 69.8 Å². The van der Waals surface area contributed by atoms with E-state index in [1.165, 1.54) is 12.8 Å². The van der Waals surface area contributed by atoms with Crippen LogP contribution in [0.2, 0.25) is 0 Å². The van der Waals surface area contributed by atoms with Gasteiger partial charge >= 0.3 is 0 Å². The zero-order chi connectivity index (χ0) is 7.07. The van der Waals surface area contributed by atoms with Crippen molar-refractivity contribution in [3.63, 3.8) is 0 Å². The van der Waals surface area contributed by atoms with Gasteiger partial charge in [0.25, 0.3) is 0 Å². The zero-order valence-electron chi connectivity index (χ0n) is 7.05. The Morgan fingerprint density at radius 1 is 1.50 bits per heavy atom. The topological polar surface area (TPSA) is 26.0 Å². The third-order valence-corrected chi connectivity index (χ3v) is 2.74. The van der Waals surface area contributed by atoms with Crippen molar-refractivity contribution in [3.05, 3.63) is 0 Å². The molecule has 0 amide bonds. The standard InChI is InChI=1S/C8H17N.ClH/c1-6(9)7-4-5-8(7,2)3;/h6-7H,4-5,9H2,1-3H3;1H. The fourth-order valence-corrected chi connectivity index (χ4v) is 1.86. The maximum Gasteiger partial charge on any atom is 0.00438 e. The number of nitrogens with two attached hydrogens (primary N) is 1. The summed E-state index contributed by atoms with van der Waals surface area (Å²) in [5, 5.41) is 0. The second-order valence-electron chi connectivity index (χ2n) is 3.99. The molecule has 1 rings (SSSR count). The van der Waals surface area contributed by atoms with Crippen molar-refractivity contribution in [1.82, 2.24) is 0 Å². The van der Waals surface area contributed by atoms with Gasteiger partial charge in [-0.1, -0.05) is 13.8 Å². The highest BCUT2D eigenvalue weighted by molar-refractivity contribution is 5.85. The van der Waals surface area contributed by atoms with Crippen LogP contribution in [0.5, 0.6) is 0 Å². The summed E-state index contributed by atoms with van der Waals surface area (Å²) in [7, 11) is 0. The van der Waals surface area contributed by atoms with Crippen LogP contribution in [0.15, 0.2) is 0 Å². The highest BCUT2D eigenvalue weighted by Gasteiger charge is 2.40. The lowest BCUT2D eigenvalue weighted by Crippen LogP contribution is -2.45. The molecule has 0 saturated heterocycles. The van der Waals surface area contributed by atoms with Gasteiger partial charge in [-0.3, -0.25) is 0 Å². The van der Waals surface area contributed by atoms with E-state index in [4.69, 9.17) is 5.73 Å². The summed E-state index contributed by atoms with van der Waals surface area (Å²) in [5.41, 5.74) is 6.31. The molecule has 10 heavy (non-hydrogen) atoms. The van der Waals surface area contributed by atoms with E-state index < -0.39 is 0 Å². The van der Waals surface area contributed by atoms with Gasteiger partial charge in [0, 0.05) is 6.04 Å². The van der Waals surface area contributed by atoms with E-state index in [1.807, 2.05) is 0 Å². The molecule has 2 N–H and O–H groups in total. The number of halogens is 1. The minimum atomic E-state index is 0. The predicted octanol–water partition coefficient (Wildman–Crippen LogP) is 2.19. The summed E-state index contributed by atoms with van der Waals surface area (Å²) >= 11 is 0. The molecule has 2 atom stereocenters. The maximum atomic E-state index is 5.77. The molecular formula is C8H18ClN. The Morgan fingerprint density at radius 3 is 2.00 bits per heavy atom. The Hall–Kier alpha value is 0.250. The quantitative estimate of drug-likeness (QED) is 0.630. The lowest BCUT2D eigenvalue weighted by molar-refractivity contribution is 0.0544. The van der Waals surface area contributed by atoms with E-state index in [1.54, 1.807) is 0 Å². The SMILES string of the molecule is CC(N)C1CCC1(C)C.Cl. The molecule has 0 aromatic rings. The second kappa shape index (κ2) is 3.10. The summed E-state index contributed by atoms with van der Waals surface area (Å²) in [6.07, 6.45) is 2.70. The van der Waals surface area contributed by atoms with Crippen LogP contribution in [0.25, 0.3) is 0 Å². The molecule has 0 aromatic carbocycles. The van der Waals surface area contributed by atoms with Crippen LogP contribution in [0.1, 0.15) is 33.6 Å². The maximum absolute atomic E-state index is 5.77. The van der Waals surface area contributed by atoms with E-state index in [9.17, 15) is 0 Å². The largest absolute Gasteiger partial charge is 0.328 e. The fraction of sp³-hybridized carbons (Fsp3) is 1.00. The van der Waals surface area contributed by atoms with E-state index in [-0.39, 0.29) is 12.4 Å². The molecule has 2 unspecified atom stereocenters. The molecule has 1 nitrogen and oxygen atoms in total. The highest BCUT2D eigenvalue weighted by Crippen LogP contribution is 2.46. The summed E-state index contributed by atoms with van der Waals surface area (Å²) in [5.74, 6) is 0.775. The van der Waals surface area contributed by atoms with Gasteiger partial charge in [-0.05, 0) is 31.1 Å². The molecule has 1 aliphatic rings. The molecule has 0 aromatic heterocycles. The molecular weight excluding hydrogens is 146 g/mol. The smallest absolute Gasteiger partial charge is 0.00438 e. The first-order valence-electron chi connectivity index (χ1n) is 3.79. The Balaban J connectivity index is 0.000000810. The van der Waals surface area contributed by atoms with Gasteiger partial charge in [0.15, 0.2) is 0 Å². The first kappa shape index (κ1) is 10.2.